The first-order chi connectivity index (χ1) is 7.74. The molecular formula is C11H15NO2S2. The molecule has 1 unspecified atom stereocenters. The number of aryl methyl sites for hydroxylation is 1. The predicted molar refractivity (Wildman–Crippen MR) is 67.3 cm³/mol. The second-order valence-electron chi connectivity index (χ2n) is 3.95. The SMILES string of the molecule is O=C(O)CCc1cnc(CC2CCCS2)s1. The zero-order valence-corrected chi connectivity index (χ0v) is 10.6. The minimum atomic E-state index is -0.735. The number of hydrogen-bond acceptors (Lipinski definition) is 4. The van der Waals surface area contributed by atoms with Gasteiger partial charge in [0.25, 0.3) is 0 Å². The van der Waals surface area contributed by atoms with Crippen LogP contribution in [0.3, 0.4) is 0 Å². The first-order valence-corrected chi connectivity index (χ1v) is 7.37. The van der Waals surface area contributed by atoms with Gasteiger partial charge in [0.05, 0.1) is 11.4 Å². The van der Waals surface area contributed by atoms with Crippen molar-refractivity contribution in [2.75, 3.05) is 5.75 Å². The van der Waals surface area contributed by atoms with Crippen LogP contribution in [-0.2, 0) is 17.6 Å². The number of rotatable bonds is 5. The van der Waals surface area contributed by atoms with Crippen LogP contribution in [-0.4, -0.2) is 27.1 Å². The van der Waals surface area contributed by atoms with E-state index in [2.05, 4.69) is 4.98 Å². The molecular weight excluding hydrogens is 242 g/mol. The summed E-state index contributed by atoms with van der Waals surface area (Å²) in [5.74, 6) is 0.545. The largest absolute Gasteiger partial charge is 0.481 e. The average molecular weight is 257 g/mol. The van der Waals surface area contributed by atoms with Crippen LogP contribution in [0.5, 0.6) is 0 Å². The second-order valence-corrected chi connectivity index (χ2v) is 6.56. The molecule has 2 heterocycles. The lowest BCUT2D eigenvalue weighted by molar-refractivity contribution is -0.136. The first kappa shape index (κ1) is 11.9. The molecule has 1 atom stereocenters. The van der Waals surface area contributed by atoms with Gasteiger partial charge in [-0.1, -0.05) is 0 Å². The Kier molecular flexibility index (Phi) is 4.23. The van der Waals surface area contributed by atoms with Gasteiger partial charge in [-0.15, -0.1) is 11.3 Å². The van der Waals surface area contributed by atoms with Crippen LogP contribution >= 0.6 is 23.1 Å². The average Bonchev–Trinajstić information content (AvgIpc) is 2.87. The molecule has 0 amide bonds. The second kappa shape index (κ2) is 5.68. The standard InChI is InChI=1S/C11H15NO2S2/c13-11(14)4-3-9-7-12-10(16-9)6-8-2-1-5-15-8/h7-8H,1-6H2,(H,13,14). The summed E-state index contributed by atoms with van der Waals surface area (Å²) in [5, 5.41) is 10.5. The van der Waals surface area contributed by atoms with E-state index in [4.69, 9.17) is 5.11 Å². The molecule has 88 valence electrons. The number of carboxylic acids is 1. The highest BCUT2D eigenvalue weighted by Gasteiger charge is 2.17. The Bertz CT molecular complexity index is 359. The Balaban J connectivity index is 1.84. The van der Waals surface area contributed by atoms with Crippen molar-refractivity contribution in [3.63, 3.8) is 0 Å². The molecule has 1 saturated heterocycles. The van der Waals surface area contributed by atoms with Crippen molar-refractivity contribution in [1.82, 2.24) is 4.98 Å². The molecule has 1 aromatic rings. The highest BCUT2D eigenvalue weighted by atomic mass is 32.2. The zero-order chi connectivity index (χ0) is 11.4. The molecule has 5 heteroatoms. The Labute approximate surface area is 103 Å². The van der Waals surface area contributed by atoms with Gasteiger partial charge in [0.15, 0.2) is 0 Å². The Morgan fingerprint density at radius 3 is 3.19 bits per heavy atom. The van der Waals surface area contributed by atoms with E-state index in [0.29, 0.717) is 6.42 Å². The summed E-state index contributed by atoms with van der Waals surface area (Å²) in [7, 11) is 0. The molecule has 0 spiro atoms. The molecule has 0 saturated carbocycles. The topological polar surface area (TPSA) is 50.2 Å². The third kappa shape index (κ3) is 3.49. The summed E-state index contributed by atoms with van der Waals surface area (Å²) in [4.78, 5) is 15.9. The Hall–Kier alpha value is -0.550. The molecule has 16 heavy (non-hydrogen) atoms. The van der Waals surface area contributed by atoms with Gasteiger partial charge >= 0.3 is 5.97 Å². The maximum Gasteiger partial charge on any atom is 0.303 e. The molecule has 0 aliphatic carbocycles. The third-order valence-corrected chi connectivity index (χ3v) is 5.09. The summed E-state index contributed by atoms with van der Waals surface area (Å²) < 4.78 is 0. The summed E-state index contributed by atoms with van der Waals surface area (Å²) in [6.07, 6.45) is 6.34. The normalized spacial score (nSPS) is 20.1. The fourth-order valence-corrected chi connectivity index (χ4v) is 4.17. The summed E-state index contributed by atoms with van der Waals surface area (Å²) >= 11 is 3.71. The molecule has 1 fully saturated rings. The monoisotopic (exact) mass is 257 g/mol. The number of thiazole rings is 1. The van der Waals surface area contributed by atoms with E-state index in [1.807, 2.05) is 18.0 Å². The fourth-order valence-electron chi connectivity index (χ4n) is 1.79. The Morgan fingerprint density at radius 1 is 1.62 bits per heavy atom. The zero-order valence-electron chi connectivity index (χ0n) is 9.02. The van der Waals surface area contributed by atoms with Gasteiger partial charge in [-0.2, -0.15) is 11.8 Å². The van der Waals surface area contributed by atoms with Gasteiger partial charge in [0.2, 0.25) is 0 Å². The van der Waals surface area contributed by atoms with Crippen molar-refractivity contribution in [3.8, 4) is 0 Å². The van der Waals surface area contributed by atoms with E-state index in [0.717, 1.165) is 16.5 Å². The lowest BCUT2D eigenvalue weighted by Crippen LogP contribution is -2.00. The molecule has 0 bridgehead atoms. The van der Waals surface area contributed by atoms with Gasteiger partial charge in [-0.3, -0.25) is 4.79 Å². The van der Waals surface area contributed by atoms with Crippen LogP contribution in [0.15, 0.2) is 6.20 Å². The van der Waals surface area contributed by atoms with E-state index in [-0.39, 0.29) is 6.42 Å². The van der Waals surface area contributed by atoms with Crippen LogP contribution in [0.4, 0.5) is 0 Å². The summed E-state index contributed by atoms with van der Waals surface area (Å²) in [5.41, 5.74) is 0. The number of thioether (sulfide) groups is 1. The van der Waals surface area contributed by atoms with Gasteiger partial charge in [-0.25, -0.2) is 4.98 Å². The molecule has 1 aliphatic rings. The van der Waals surface area contributed by atoms with Crippen molar-refractivity contribution < 1.29 is 9.90 Å². The predicted octanol–water partition coefficient (Wildman–Crippen LogP) is 2.60. The van der Waals surface area contributed by atoms with Gasteiger partial charge in [-0.05, 0) is 25.0 Å². The van der Waals surface area contributed by atoms with Gasteiger partial charge < -0.3 is 5.11 Å². The maximum atomic E-state index is 10.4. The van der Waals surface area contributed by atoms with Crippen LogP contribution in [0.25, 0.3) is 0 Å². The first-order valence-electron chi connectivity index (χ1n) is 5.51. The van der Waals surface area contributed by atoms with Gasteiger partial charge in [0, 0.05) is 22.7 Å². The molecule has 0 aromatic carbocycles. The van der Waals surface area contributed by atoms with Gasteiger partial charge in [0.1, 0.15) is 0 Å². The minimum absolute atomic E-state index is 0.208. The Morgan fingerprint density at radius 2 is 2.50 bits per heavy atom. The summed E-state index contributed by atoms with van der Waals surface area (Å²) in [6.45, 7) is 0. The lowest BCUT2D eigenvalue weighted by Gasteiger charge is -2.03. The van der Waals surface area contributed by atoms with Crippen molar-refractivity contribution in [2.24, 2.45) is 0 Å². The molecule has 1 N–H and O–H groups in total. The van der Waals surface area contributed by atoms with E-state index in [1.54, 1.807) is 11.3 Å². The minimum Gasteiger partial charge on any atom is -0.481 e. The van der Waals surface area contributed by atoms with Crippen molar-refractivity contribution in [3.05, 3.63) is 16.1 Å². The lowest BCUT2D eigenvalue weighted by atomic mass is 10.2. The summed E-state index contributed by atoms with van der Waals surface area (Å²) in [6, 6.07) is 0. The number of carbonyl (C=O) groups is 1. The number of hydrogen-bond donors (Lipinski definition) is 1. The van der Waals surface area contributed by atoms with Crippen molar-refractivity contribution in [1.29, 1.82) is 0 Å². The molecule has 1 aliphatic heterocycles. The van der Waals surface area contributed by atoms with Crippen molar-refractivity contribution in [2.45, 2.75) is 37.4 Å². The number of nitrogens with zero attached hydrogens (tertiary/aromatic N) is 1. The fraction of sp³-hybridized carbons (Fsp3) is 0.636. The van der Waals surface area contributed by atoms with E-state index in [9.17, 15) is 4.79 Å². The van der Waals surface area contributed by atoms with Crippen LogP contribution in [0, 0.1) is 0 Å². The maximum absolute atomic E-state index is 10.4. The number of aliphatic carboxylic acids is 1. The molecule has 3 nitrogen and oxygen atoms in total. The van der Waals surface area contributed by atoms with Crippen molar-refractivity contribution >= 4 is 29.1 Å². The third-order valence-electron chi connectivity index (χ3n) is 2.61. The highest BCUT2D eigenvalue weighted by Crippen LogP contribution is 2.30. The van der Waals surface area contributed by atoms with Crippen LogP contribution < -0.4 is 0 Å². The van der Waals surface area contributed by atoms with Crippen LogP contribution in [0.1, 0.15) is 29.1 Å². The molecule has 1 aromatic heterocycles. The highest BCUT2D eigenvalue weighted by molar-refractivity contribution is 8.00. The quantitative estimate of drug-likeness (QED) is 0.881. The smallest absolute Gasteiger partial charge is 0.303 e. The van der Waals surface area contributed by atoms with Crippen LogP contribution in [0.2, 0.25) is 0 Å². The van der Waals surface area contributed by atoms with E-state index >= 15 is 0 Å². The number of carboxylic acid groups (broad SMARTS) is 1. The van der Waals surface area contributed by atoms with E-state index in [1.165, 1.54) is 23.6 Å². The van der Waals surface area contributed by atoms with E-state index < -0.39 is 5.97 Å². The molecule has 2 rings (SSSR count). The molecule has 0 radical (unpaired) electrons. The number of aromatic nitrogens is 1.